The first-order chi connectivity index (χ1) is 6.06. The van der Waals surface area contributed by atoms with Gasteiger partial charge in [-0.05, 0) is 0 Å². The standard InChI is InChI=1S/C7H11FO5/c1-3(10)12-7-5(8)6(11)4(2-9)13-7/h4-7,9,11H,2H2,1H3/t4-,5+,6-,7?/m1/s1. The van der Waals surface area contributed by atoms with Crippen molar-refractivity contribution in [1.29, 1.82) is 0 Å². The first-order valence-corrected chi connectivity index (χ1v) is 3.82. The SMILES string of the molecule is CC(=O)OC1O[C@H](CO)[C@@H](O)[C@@H]1F. The lowest BCUT2D eigenvalue weighted by molar-refractivity contribution is -0.182. The molecule has 0 amide bonds. The van der Waals surface area contributed by atoms with Gasteiger partial charge >= 0.3 is 5.97 Å². The van der Waals surface area contributed by atoms with Crippen LogP contribution in [0.3, 0.4) is 0 Å². The summed E-state index contributed by atoms with van der Waals surface area (Å²) in [6.07, 6.45) is -5.70. The van der Waals surface area contributed by atoms with Crippen LogP contribution in [0, 0.1) is 0 Å². The highest BCUT2D eigenvalue weighted by atomic mass is 19.1. The molecule has 1 aliphatic heterocycles. The number of aliphatic hydroxyl groups is 2. The number of carbonyl (C=O) groups excluding carboxylic acids is 1. The van der Waals surface area contributed by atoms with Crippen molar-refractivity contribution in [3.63, 3.8) is 0 Å². The summed E-state index contributed by atoms with van der Waals surface area (Å²) < 4.78 is 22.2. The molecular weight excluding hydrogens is 183 g/mol. The molecule has 0 aliphatic carbocycles. The molecule has 1 fully saturated rings. The monoisotopic (exact) mass is 194 g/mol. The van der Waals surface area contributed by atoms with Gasteiger partial charge in [0.2, 0.25) is 6.29 Å². The Balaban J connectivity index is 2.55. The van der Waals surface area contributed by atoms with Gasteiger partial charge in [-0.2, -0.15) is 0 Å². The van der Waals surface area contributed by atoms with E-state index in [1.54, 1.807) is 0 Å². The molecule has 1 unspecified atom stereocenters. The first kappa shape index (κ1) is 10.4. The molecule has 76 valence electrons. The van der Waals surface area contributed by atoms with Crippen LogP contribution in [0.5, 0.6) is 0 Å². The van der Waals surface area contributed by atoms with Gasteiger partial charge in [-0.25, -0.2) is 4.39 Å². The van der Waals surface area contributed by atoms with Gasteiger partial charge in [0.25, 0.3) is 0 Å². The summed E-state index contributed by atoms with van der Waals surface area (Å²) in [4.78, 5) is 10.4. The van der Waals surface area contributed by atoms with Crippen LogP contribution < -0.4 is 0 Å². The van der Waals surface area contributed by atoms with Gasteiger partial charge in [-0.3, -0.25) is 4.79 Å². The third-order valence-corrected chi connectivity index (χ3v) is 1.74. The normalized spacial score (nSPS) is 39.1. The summed E-state index contributed by atoms with van der Waals surface area (Å²) in [6.45, 7) is 0.591. The van der Waals surface area contributed by atoms with Crippen molar-refractivity contribution >= 4 is 5.97 Å². The number of hydrogen-bond donors (Lipinski definition) is 2. The maximum Gasteiger partial charge on any atom is 0.305 e. The van der Waals surface area contributed by atoms with Gasteiger partial charge in [0, 0.05) is 6.92 Å². The van der Waals surface area contributed by atoms with Crippen molar-refractivity contribution in [1.82, 2.24) is 0 Å². The van der Waals surface area contributed by atoms with Crippen LogP contribution in [0.25, 0.3) is 0 Å². The van der Waals surface area contributed by atoms with E-state index in [2.05, 4.69) is 4.74 Å². The maximum absolute atomic E-state index is 13.0. The maximum atomic E-state index is 13.0. The van der Waals surface area contributed by atoms with Crippen molar-refractivity contribution in [2.24, 2.45) is 0 Å². The summed E-state index contributed by atoms with van der Waals surface area (Å²) in [6, 6.07) is 0. The Bertz CT molecular complexity index is 197. The number of hydrogen-bond acceptors (Lipinski definition) is 5. The lowest BCUT2D eigenvalue weighted by atomic mass is 10.2. The third-order valence-electron chi connectivity index (χ3n) is 1.74. The summed E-state index contributed by atoms with van der Waals surface area (Å²) in [5.41, 5.74) is 0. The highest BCUT2D eigenvalue weighted by Crippen LogP contribution is 2.24. The number of aliphatic hydroxyl groups excluding tert-OH is 2. The Hall–Kier alpha value is -0.720. The molecule has 13 heavy (non-hydrogen) atoms. The van der Waals surface area contributed by atoms with Gasteiger partial charge in [-0.1, -0.05) is 0 Å². The highest BCUT2D eigenvalue weighted by molar-refractivity contribution is 5.66. The number of alkyl halides is 1. The van der Waals surface area contributed by atoms with Crippen molar-refractivity contribution in [3.8, 4) is 0 Å². The molecule has 1 saturated heterocycles. The Labute approximate surface area is 74.1 Å². The molecule has 0 aromatic carbocycles. The fraction of sp³-hybridized carbons (Fsp3) is 0.857. The van der Waals surface area contributed by atoms with Crippen molar-refractivity contribution < 1.29 is 28.9 Å². The predicted octanol–water partition coefficient (Wildman–Crippen LogP) is -1.03. The minimum absolute atomic E-state index is 0.515. The van der Waals surface area contributed by atoms with E-state index in [4.69, 9.17) is 14.9 Å². The summed E-state index contributed by atoms with van der Waals surface area (Å²) >= 11 is 0. The zero-order chi connectivity index (χ0) is 10.0. The summed E-state index contributed by atoms with van der Waals surface area (Å²) in [5.74, 6) is -0.696. The Morgan fingerprint density at radius 1 is 1.69 bits per heavy atom. The Morgan fingerprint density at radius 3 is 2.69 bits per heavy atom. The quantitative estimate of drug-likeness (QED) is 0.549. The molecule has 0 bridgehead atoms. The minimum atomic E-state index is -1.80. The summed E-state index contributed by atoms with van der Waals surface area (Å²) in [7, 11) is 0. The van der Waals surface area contributed by atoms with Gasteiger partial charge in [0.15, 0.2) is 6.17 Å². The number of rotatable bonds is 2. The lowest BCUT2D eigenvalue weighted by Crippen LogP contribution is -2.31. The second-order valence-corrected chi connectivity index (χ2v) is 2.77. The molecule has 1 aliphatic rings. The second kappa shape index (κ2) is 3.99. The number of esters is 1. The lowest BCUT2D eigenvalue weighted by Gasteiger charge is -2.11. The largest absolute Gasteiger partial charge is 0.433 e. The molecule has 4 atom stereocenters. The van der Waals surface area contributed by atoms with Gasteiger partial charge in [0.05, 0.1) is 6.61 Å². The molecule has 0 spiro atoms. The van der Waals surface area contributed by atoms with Crippen LogP contribution in [0.2, 0.25) is 0 Å². The van der Waals surface area contributed by atoms with Crippen LogP contribution in [-0.4, -0.2) is 47.5 Å². The van der Waals surface area contributed by atoms with Crippen LogP contribution in [-0.2, 0) is 14.3 Å². The topological polar surface area (TPSA) is 76.0 Å². The average molecular weight is 194 g/mol. The van der Waals surface area contributed by atoms with E-state index in [9.17, 15) is 9.18 Å². The van der Waals surface area contributed by atoms with E-state index < -0.39 is 37.2 Å². The van der Waals surface area contributed by atoms with E-state index in [1.807, 2.05) is 0 Å². The zero-order valence-corrected chi connectivity index (χ0v) is 7.01. The van der Waals surface area contributed by atoms with Gasteiger partial charge in [-0.15, -0.1) is 0 Å². The molecule has 0 aromatic heterocycles. The van der Waals surface area contributed by atoms with E-state index in [-0.39, 0.29) is 0 Å². The van der Waals surface area contributed by atoms with Crippen LogP contribution in [0.15, 0.2) is 0 Å². The van der Waals surface area contributed by atoms with E-state index in [1.165, 1.54) is 0 Å². The highest BCUT2D eigenvalue weighted by Gasteiger charge is 2.45. The van der Waals surface area contributed by atoms with Gasteiger partial charge in [0.1, 0.15) is 12.2 Å². The van der Waals surface area contributed by atoms with E-state index in [0.29, 0.717) is 0 Å². The smallest absolute Gasteiger partial charge is 0.305 e. The van der Waals surface area contributed by atoms with Crippen molar-refractivity contribution in [3.05, 3.63) is 0 Å². The van der Waals surface area contributed by atoms with E-state index in [0.717, 1.165) is 6.92 Å². The average Bonchev–Trinajstić information content (AvgIpc) is 2.32. The summed E-state index contributed by atoms with van der Waals surface area (Å²) in [5, 5.41) is 17.7. The fourth-order valence-corrected chi connectivity index (χ4v) is 1.10. The molecule has 6 heteroatoms. The molecular formula is C7H11FO5. The molecule has 0 saturated carbocycles. The second-order valence-electron chi connectivity index (χ2n) is 2.77. The van der Waals surface area contributed by atoms with Crippen molar-refractivity contribution in [2.75, 3.05) is 6.61 Å². The minimum Gasteiger partial charge on any atom is -0.433 e. The molecule has 5 nitrogen and oxygen atoms in total. The van der Waals surface area contributed by atoms with Crippen LogP contribution in [0.1, 0.15) is 6.92 Å². The Kier molecular flexibility index (Phi) is 3.18. The predicted molar refractivity (Wildman–Crippen MR) is 38.4 cm³/mol. The molecule has 1 rings (SSSR count). The molecule has 0 radical (unpaired) electrons. The van der Waals surface area contributed by atoms with Gasteiger partial charge < -0.3 is 19.7 Å². The fourth-order valence-electron chi connectivity index (χ4n) is 1.10. The van der Waals surface area contributed by atoms with Crippen molar-refractivity contribution in [2.45, 2.75) is 31.6 Å². The van der Waals surface area contributed by atoms with E-state index >= 15 is 0 Å². The first-order valence-electron chi connectivity index (χ1n) is 3.82. The number of halogens is 1. The van der Waals surface area contributed by atoms with Crippen LogP contribution in [0.4, 0.5) is 4.39 Å². The van der Waals surface area contributed by atoms with Crippen LogP contribution >= 0.6 is 0 Å². The third kappa shape index (κ3) is 2.15. The molecule has 1 heterocycles. The molecule has 0 aromatic rings. The Morgan fingerprint density at radius 2 is 2.31 bits per heavy atom. The molecule has 2 N–H and O–H groups in total. The number of ether oxygens (including phenoxy) is 2. The number of carbonyl (C=O) groups is 1. The zero-order valence-electron chi connectivity index (χ0n) is 7.01.